The molecule has 0 aromatic heterocycles. The van der Waals surface area contributed by atoms with Gasteiger partial charge in [-0.15, -0.1) is 0 Å². The van der Waals surface area contributed by atoms with Gasteiger partial charge in [0.1, 0.15) is 6.04 Å². The number of hydrogen-bond donors (Lipinski definition) is 3. The number of rotatable bonds is 6. The van der Waals surface area contributed by atoms with Crippen LogP contribution in [0.3, 0.4) is 0 Å². The molecule has 0 aliphatic heterocycles. The van der Waals surface area contributed by atoms with Crippen LogP contribution >= 0.6 is 12.2 Å². The van der Waals surface area contributed by atoms with E-state index in [0.29, 0.717) is 0 Å². The van der Waals surface area contributed by atoms with Crippen molar-refractivity contribution in [1.82, 2.24) is 10.6 Å². The molecule has 2 atom stereocenters. The molecule has 0 saturated carbocycles. The molecule has 2 unspecified atom stereocenters. The third-order valence-electron chi connectivity index (χ3n) is 2.44. The fraction of sp³-hybridized carbons (Fsp3) is 0.750. The fourth-order valence-corrected chi connectivity index (χ4v) is 1.92. The Morgan fingerprint density at radius 2 is 1.50 bits per heavy atom. The number of carbonyl (C=O) groups excluding carboxylic acids is 2. The summed E-state index contributed by atoms with van der Waals surface area (Å²) < 4.78 is 0. The van der Waals surface area contributed by atoms with E-state index < -0.39 is 12.0 Å². The average molecular weight is 273 g/mol. The van der Waals surface area contributed by atoms with Crippen LogP contribution in [0.5, 0.6) is 0 Å². The van der Waals surface area contributed by atoms with Crippen LogP contribution in [0, 0.1) is 11.8 Å². The van der Waals surface area contributed by atoms with Gasteiger partial charge in [-0.2, -0.15) is 0 Å². The molecular formula is C12H23N3O2S. The van der Waals surface area contributed by atoms with E-state index in [1.54, 1.807) is 6.92 Å². The predicted octanol–water partition coefficient (Wildman–Crippen LogP) is 0.574. The third-order valence-corrected chi connectivity index (χ3v) is 2.69. The van der Waals surface area contributed by atoms with Gasteiger partial charge in [0.05, 0.1) is 10.9 Å². The monoisotopic (exact) mass is 273 g/mol. The van der Waals surface area contributed by atoms with E-state index in [4.69, 9.17) is 18.0 Å². The van der Waals surface area contributed by atoms with E-state index >= 15 is 0 Å². The largest absolute Gasteiger partial charge is 0.393 e. The molecule has 6 heteroatoms. The van der Waals surface area contributed by atoms with E-state index in [0.717, 1.165) is 0 Å². The normalized spacial score (nSPS) is 14.2. The van der Waals surface area contributed by atoms with E-state index in [1.165, 1.54) is 0 Å². The van der Waals surface area contributed by atoms with E-state index in [9.17, 15) is 9.59 Å². The van der Waals surface area contributed by atoms with Crippen molar-refractivity contribution < 1.29 is 9.59 Å². The fourth-order valence-electron chi connectivity index (χ4n) is 1.54. The Morgan fingerprint density at radius 3 is 1.83 bits per heavy atom. The molecule has 0 heterocycles. The Labute approximate surface area is 114 Å². The molecule has 0 saturated heterocycles. The van der Waals surface area contributed by atoms with Crippen LogP contribution < -0.4 is 16.4 Å². The second-order valence-corrected chi connectivity index (χ2v) is 5.49. The van der Waals surface area contributed by atoms with Crippen molar-refractivity contribution in [2.45, 2.75) is 46.7 Å². The van der Waals surface area contributed by atoms with E-state index in [2.05, 4.69) is 10.6 Å². The number of nitrogens with two attached hydrogens (primary N) is 1. The quantitative estimate of drug-likeness (QED) is 0.618. The molecule has 0 fully saturated rings. The summed E-state index contributed by atoms with van der Waals surface area (Å²) >= 11 is 4.87. The highest BCUT2D eigenvalue weighted by molar-refractivity contribution is 7.80. The molecule has 0 rings (SSSR count). The molecule has 2 amide bonds. The number of amides is 2. The molecule has 0 bridgehead atoms. The Hall–Kier alpha value is -1.17. The lowest BCUT2D eigenvalue weighted by Crippen LogP contribution is -2.50. The Bertz CT molecular complexity index is 329. The van der Waals surface area contributed by atoms with Gasteiger partial charge in [0.25, 0.3) is 0 Å². The zero-order valence-corrected chi connectivity index (χ0v) is 12.4. The summed E-state index contributed by atoms with van der Waals surface area (Å²) in [5.74, 6) is -1.06. The highest BCUT2D eigenvalue weighted by atomic mass is 32.1. The molecule has 4 N–H and O–H groups in total. The van der Waals surface area contributed by atoms with Crippen LogP contribution in [0.4, 0.5) is 0 Å². The summed E-state index contributed by atoms with van der Waals surface area (Å²) in [4.78, 5) is 23.8. The van der Waals surface area contributed by atoms with Crippen LogP contribution in [0.1, 0.15) is 34.6 Å². The minimum Gasteiger partial charge on any atom is -0.393 e. The highest BCUT2D eigenvalue weighted by Gasteiger charge is 2.27. The number of thiocarbonyl (C=S) groups is 1. The maximum atomic E-state index is 12.0. The lowest BCUT2D eigenvalue weighted by atomic mass is 9.94. The summed E-state index contributed by atoms with van der Waals surface area (Å²) in [6, 6.07) is -0.566. The maximum absolute atomic E-state index is 12.0. The molecule has 0 aliphatic rings. The highest BCUT2D eigenvalue weighted by Crippen LogP contribution is 2.11. The molecule has 0 aromatic rings. The van der Waals surface area contributed by atoms with Gasteiger partial charge in [-0.05, 0) is 26.7 Å². The molecule has 0 radical (unpaired) electrons. The van der Waals surface area contributed by atoms with Gasteiger partial charge in [-0.25, -0.2) is 0 Å². The van der Waals surface area contributed by atoms with Crippen molar-refractivity contribution in [2.24, 2.45) is 17.6 Å². The van der Waals surface area contributed by atoms with Crippen LogP contribution in [0.2, 0.25) is 0 Å². The number of carbonyl (C=O) groups is 2. The lowest BCUT2D eigenvalue weighted by Gasteiger charge is -2.22. The Balaban J connectivity index is 4.54. The van der Waals surface area contributed by atoms with Crippen molar-refractivity contribution in [2.75, 3.05) is 0 Å². The van der Waals surface area contributed by atoms with Crippen LogP contribution in [-0.2, 0) is 9.59 Å². The first-order chi connectivity index (χ1) is 8.16. The zero-order valence-electron chi connectivity index (χ0n) is 11.6. The van der Waals surface area contributed by atoms with Gasteiger partial charge in [-0.1, -0.05) is 26.1 Å². The first kappa shape index (κ1) is 16.8. The maximum Gasteiger partial charge on any atom is 0.242 e. The molecule has 104 valence electrons. The van der Waals surface area contributed by atoms with Crippen molar-refractivity contribution in [1.29, 1.82) is 0 Å². The first-order valence-corrected chi connectivity index (χ1v) is 6.47. The van der Waals surface area contributed by atoms with Gasteiger partial charge in [0.15, 0.2) is 0 Å². The summed E-state index contributed by atoms with van der Waals surface area (Å²) in [7, 11) is 0. The third kappa shape index (κ3) is 5.44. The lowest BCUT2D eigenvalue weighted by molar-refractivity contribution is -0.130. The summed E-state index contributed by atoms with van der Waals surface area (Å²) in [5.41, 5.74) is 5.54. The van der Waals surface area contributed by atoms with E-state index in [1.807, 2.05) is 27.7 Å². The second kappa shape index (κ2) is 7.31. The van der Waals surface area contributed by atoms with Crippen LogP contribution in [-0.4, -0.2) is 28.9 Å². The minimum atomic E-state index is -0.601. The van der Waals surface area contributed by atoms with Crippen molar-refractivity contribution >= 4 is 29.0 Å². The summed E-state index contributed by atoms with van der Waals surface area (Å²) in [6.07, 6.45) is 0. The molecular weight excluding hydrogens is 250 g/mol. The number of nitrogens with one attached hydrogen (secondary N) is 2. The van der Waals surface area contributed by atoms with E-state index in [-0.39, 0.29) is 28.8 Å². The van der Waals surface area contributed by atoms with Crippen LogP contribution in [0.15, 0.2) is 0 Å². The SMILES string of the molecule is CC(C)NC(=O)C(C)NC(=O)C(C(N)=S)C(C)C. The second-order valence-electron chi connectivity index (χ2n) is 5.02. The van der Waals surface area contributed by atoms with Crippen molar-refractivity contribution in [3.8, 4) is 0 Å². The van der Waals surface area contributed by atoms with Gasteiger partial charge in [-0.3, -0.25) is 9.59 Å². The van der Waals surface area contributed by atoms with Gasteiger partial charge in [0, 0.05) is 6.04 Å². The zero-order chi connectivity index (χ0) is 14.5. The van der Waals surface area contributed by atoms with Gasteiger partial charge < -0.3 is 16.4 Å². The van der Waals surface area contributed by atoms with Gasteiger partial charge in [0.2, 0.25) is 11.8 Å². The average Bonchev–Trinajstić information content (AvgIpc) is 2.14. The molecule has 5 nitrogen and oxygen atoms in total. The molecule has 0 spiro atoms. The topological polar surface area (TPSA) is 84.2 Å². The van der Waals surface area contributed by atoms with Crippen molar-refractivity contribution in [3.63, 3.8) is 0 Å². The molecule has 0 aromatic carbocycles. The standard InChI is InChI=1S/C12H23N3O2S/c1-6(2)9(10(13)18)12(17)15-8(5)11(16)14-7(3)4/h6-9H,1-5H3,(H2,13,18)(H,14,16)(H,15,17). The number of hydrogen-bond acceptors (Lipinski definition) is 3. The molecule has 18 heavy (non-hydrogen) atoms. The van der Waals surface area contributed by atoms with Gasteiger partial charge >= 0.3 is 0 Å². The van der Waals surface area contributed by atoms with Crippen LogP contribution in [0.25, 0.3) is 0 Å². The Morgan fingerprint density at radius 1 is 1.00 bits per heavy atom. The smallest absolute Gasteiger partial charge is 0.242 e. The first-order valence-electron chi connectivity index (χ1n) is 6.06. The Kier molecular flexibility index (Phi) is 6.83. The minimum absolute atomic E-state index is 0.00265. The molecule has 0 aliphatic carbocycles. The van der Waals surface area contributed by atoms with Crippen molar-refractivity contribution in [3.05, 3.63) is 0 Å². The summed E-state index contributed by atoms with van der Waals surface area (Å²) in [5, 5.41) is 5.36. The predicted molar refractivity (Wildman–Crippen MR) is 76.0 cm³/mol. The summed E-state index contributed by atoms with van der Waals surface area (Å²) in [6.45, 7) is 9.08.